The van der Waals surface area contributed by atoms with Crippen molar-refractivity contribution in [2.75, 3.05) is 11.7 Å². The second kappa shape index (κ2) is 10.7. The summed E-state index contributed by atoms with van der Waals surface area (Å²) >= 11 is 0. The number of rotatable bonds is 6. The Balaban J connectivity index is 1.58. The van der Waals surface area contributed by atoms with Crippen molar-refractivity contribution in [1.29, 1.82) is 0 Å². The summed E-state index contributed by atoms with van der Waals surface area (Å²) in [7, 11) is 0. The highest BCUT2D eigenvalue weighted by Crippen LogP contribution is 2.30. The van der Waals surface area contributed by atoms with Crippen LogP contribution in [0.15, 0.2) is 53.5 Å². The van der Waals surface area contributed by atoms with Gasteiger partial charge < -0.3 is 20.1 Å². The van der Waals surface area contributed by atoms with Crippen molar-refractivity contribution in [1.82, 2.24) is 14.9 Å². The molecule has 2 aromatic carbocycles. The van der Waals surface area contributed by atoms with E-state index in [9.17, 15) is 32.7 Å². The van der Waals surface area contributed by atoms with Gasteiger partial charge in [-0.25, -0.2) is 13.2 Å². The maximum atomic E-state index is 14.1. The van der Waals surface area contributed by atoms with E-state index in [1.54, 1.807) is 49.2 Å². The molecule has 5 rings (SSSR count). The van der Waals surface area contributed by atoms with Crippen LogP contribution in [-0.4, -0.2) is 51.4 Å². The Morgan fingerprint density at radius 1 is 1.10 bits per heavy atom. The lowest BCUT2D eigenvalue weighted by molar-refractivity contribution is 0.0616. The van der Waals surface area contributed by atoms with Gasteiger partial charge in [0, 0.05) is 36.5 Å². The minimum Gasteiger partial charge on any atom is -0.482 e. The summed E-state index contributed by atoms with van der Waals surface area (Å²) in [5.41, 5.74) is -1.33. The van der Waals surface area contributed by atoms with E-state index in [2.05, 4.69) is 5.32 Å². The Hall–Kier alpha value is -4.32. The molecule has 2 amide bonds. The van der Waals surface area contributed by atoms with Gasteiger partial charge in [-0.3, -0.25) is 24.1 Å². The lowest BCUT2D eigenvalue weighted by atomic mass is 10.1. The quantitative estimate of drug-likeness (QED) is 0.484. The fourth-order valence-electron chi connectivity index (χ4n) is 4.97. The molecule has 2 aliphatic rings. The smallest absolute Gasteiger partial charge is 0.278 e. The molecule has 210 valence electrons. The number of aromatic nitrogens is 1. The summed E-state index contributed by atoms with van der Waals surface area (Å²) in [6.45, 7) is 2.88. The summed E-state index contributed by atoms with van der Waals surface area (Å²) in [6.07, 6.45) is 0.632. The van der Waals surface area contributed by atoms with E-state index in [1.807, 2.05) is 0 Å². The monoisotopic (exact) mass is 556 g/mol. The summed E-state index contributed by atoms with van der Waals surface area (Å²) in [5, 5.41) is 14.7. The van der Waals surface area contributed by atoms with E-state index in [1.165, 1.54) is 9.58 Å². The number of benzene rings is 2. The third-order valence-corrected chi connectivity index (χ3v) is 7.33. The summed E-state index contributed by atoms with van der Waals surface area (Å²) in [6, 6.07) is 9.01. The summed E-state index contributed by atoms with van der Waals surface area (Å²) < 4.78 is 48.8. The van der Waals surface area contributed by atoms with E-state index < -0.39 is 64.5 Å². The zero-order valence-electron chi connectivity index (χ0n) is 21.7. The molecule has 3 aromatic rings. The number of amides is 2. The standard InChI is InChI=1S/C28H27F3N4O5/c1-15-8-23(36)16(2)35-14-33(15)28(39)24-26(40-13-17-6-4-3-5-7-17)25(37)20(12-34(24)35)27(38)32-11-19-21(30)9-18(29)10-22(19)31/h3-7,9-10,12,15-16,23,36H,8,11,13-14H2,1-2H3,(H,32,38). The second-order valence-corrected chi connectivity index (χ2v) is 9.95. The van der Waals surface area contributed by atoms with E-state index in [0.29, 0.717) is 24.1 Å². The van der Waals surface area contributed by atoms with Crippen LogP contribution in [0.4, 0.5) is 13.2 Å². The molecule has 9 nitrogen and oxygen atoms in total. The zero-order valence-corrected chi connectivity index (χ0v) is 21.7. The van der Waals surface area contributed by atoms with Crippen LogP contribution in [0.25, 0.3) is 0 Å². The topological polar surface area (TPSA) is 104 Å². The van der Waals surface area contributed by atoms with Gasteiger partial charge in [-0.1, -0.05) is 30.3 Å². The molecule has 2 aliphatic heterocycles. The Bertz CT molecular complexity index is 1510. The van der Waals surface area contributed by atoms with E-state index >= 15 is 0 Å². The zero-order chi connectivity index (χ0) is 28.7. The number of aliphatic hydroxyl groups is 1. The van der Waals surface area contributed by atoms with Gasteiger partial charge in [0.05, 0.1) is 12.1 Å². The largest absolute Gasteiger partial charge is 0.482 e. The Morgan fingerprint density at radius 3 is 2.45 bits per heavy atom. The second-order valence-electron chi connectivity index (χ2n) is 9.95. The van der Waals surface area contributed by atoms with Crippen molar-refractivity contribution < 1.29 is 32.6 Å². The third kappa shape index (κ3) is 4.90. The minimum absolute atomic E-state index is 0.0822. The van der Waals surface area contributed by atoms with Crippen molar-refractivity contribution in [3.63, 3.8) is 0 Å². The van der Waals surface area contributed by atoms with Crippen LogP contribution < -0.4 is 20.5 Å². The van der Waals surface area contributed by atoms with Crippen LogP contribution in [0.3, 0.4) is 0 Å². The van der Waals surface area contributed by atoms with Gasteiger partial charge in [0.2, 0.25) is 5.43 Å². The predicted molar refractivity (Wildman–Crippen MR) is 138 cm³/mol. The van der Waals surface area contributed by atoms with Crippen LogP contribution in [-0.2, 0) is 13.2 Å². The maximum absolute atomic E-state index is 14.1. The summed E-state index contributed by atoms with van der Waals surface area (Å²) in [5.74, 6) is -5.36. The van der Waals surface area contributed by atoms with Crippen molar-refractivity contribution in [2.24, 2.45) is 0 Å². The Kier molecular flexibility index (Phi) is 7.28. The molecule has 3 atom stereocenters. The molecule has 3 heterocycles. The van der Waals surface area contributed by atoms with Gasteiger partial charge in [-0.15, -0.1) is 0 Å². The van der Waals surface area contributed by atoms with Crippen molar-refractivity contribution in [2.45, 2.75) is 51.6 Å². The van der Waals surface area contributed by atoms with Crippen LogP contribution in [0.5, 0.6) is 5.75 Å². The number of ether oxygens (including phenoxy) is 1. The van der Waals surface area contributed by atoms with Crippen LogP contribution in [0.2, 0.25) is 0 Å². The lowest BCUT2D eigenvalue weighted by Crippen LogP contribution is -2.58. The number of halogens is 3. The molecule has 2 N–H and O–H groups in total. The molecule has 1 aromatic heterocycles. The summed E-state index contributed by atoms with van der Waals surface area (Å²) in [4.78, 5) is 42.0. The molecular formula is C28H27F3N4O5. The molecule has 40 heavy (non-hydrogen) atoms. The van der Waals surface area contributed by atoms with Crippen LogP contribution in [0, 0.1) is 17.5 Å². The fourth-order valence-corrected chi connectivity index (χ4v) is 4.97. The molecule has 2 bridgehead atoms. The lowest BCUT2D eigenvalue weighted by Gasteiger charge is -2.42. The first-order valence-corrected chi connectivity index (χ1v) is 12.7. The number of carbonyl (C=O) groups excluding carboxylic acids is 2. The van der Waals surface area contributed by atoms with Crippen molar-refractivity contribution in [3.8, 4) is 5.75 Å². The maximum Gasteiger partial charge on any atom is 0.278 e. The molecule has 0 spiro atoms. The Labute approximate surface area is 227 Å². The first-order chi connectivity index (χ1) is 19.1. The van der Waals surface area contributed by atoms with Gasteiger partial charge in [0.1, 0.15) is 36.3 Å². The van der Waals surface area contributed by atoms with Gasteiger partial charge >= 0.3 is 0 Å². The van der Waals surface area contributed by atoms with E-state index in [-0.39, 0.29) is 30.8 Å². The highest BCUT2D eigenvalue weighted by molar-refractivity contribution is 5.99. The Morgan fingerprint density at radius 2 is 1.77 bits per heavy atom. The molecule has 0 radical (unpaired) electrons. The number of hydrogen-bond acceptors (Lipinski definition) is 6. The highest BCUT2D eigenvalue weighted by atomic mass is 19.1. The van der Waals surface area contributed by atoms with Crippen molar-refractivity contribution in [3.05, 3.63) is 98.7 Å². The number of carbonyl (C=O) groups is 2. The third-order valence-electron chi connectivity index (χ3n) is 7.33. The van der Waals surface area contributed by atoms with Gasteiger partial charge in [0.25, 0.3) is 11.8 Å². The van der Waals surface area contributed by atoms with Crippen molar-refractivity contribution >= 4 is 11.8 Å². The molecule has 1 fully saturated rings. The number of nitrogens with one attached hydrogen (secondary N) is 1. The van der Waals surface area contributed by atoms with Gasteiger partial charge in [0.15, 0.2) is 11.4 Å². The molecule has 0 saturated carbocycles. The van der Waals surface area contributed by atoms with E-state index in [0.717, 1.165) is 6.20 Å². The molecular weight excluding hydrogens is 529 g/mol. The van der Waals surface area contributed by atoms with Gasteiger partial charge in [-0.05, 0) is 25.8 Å². The average Bonchev–Trinajstić information content (AvgIpc) is 3.01. The van der Waals surface area contributed by atoms with Crippen LogP contribution >= 0.6 is 0 Å². The first kappa shape index (κ1) is 27.3. The number of nitrogens with zero attached hydrogens (tertiary/aromatic N) is 3. The normalized spacial score (nSPS) is 20.1. The van der Waals surface area contributed by atoms with Gasteiger partial charge in [-0.2, -0.15) is 0 Å². The highest BCUT2D eigenvalue weighted by Gasteiger charge is 2.43. The first-order valence-electron chi connectivity index (χ1n) is 12.7. The molecule has 1 saturated heterocycles. The number of pyridine rings is 1. The van der Waals surface area contributed by atoms with Crippen LogP contribution in [0.1, 0.15) is 52.2 Å². The number of hydrogen-bond donors (Lipinski definition) is 2. The minimum atomic E-state index is -1.20. The fraction of sp³-hybridized carbons (Fsp3) is 0.321. The number of fused-ring (bicyclic) bond motifs is 4. The molecule has 12 heteroatoms. The van der Waals surface area contributed by atoms with E-state index in [4.69, 9.17) is 4.74 Å². The predicted octanol–water partition coefficient (Wildman–Crippen LogP) is 2.67. The SMILES string of the molecule is CC1CC(O)C(C)N2CN1C(=O)c1c(OCc3ccccc3)c(=O)c(C(=O)NCc3c(F)cc(F)cc3F)cn12. The average molecular weight is 557 g/mol. The number of aliphatic hydroxyl groups excluding tert-OH is 1. The molecule has 3 unspecified atom stereocenters. The molecule has 0 aliphatic carbocycles.